The third-order valence-electron chi connectivity index (χ3n) is 6.49. The van der Waals surface area contributed by atoms with Gasteiger partial charge in [-0.2, -0.15) is 0 Å². The molecule has 4 aromatic rings. The largest absolute Gasteiger partial charge is 0.382 e. The molecular weight excluding hydrogens is 406 g/mol. The minimum Gasteiger partial charge on any atom is -0.382 e. The fraction of sp³-hybridized carbons (Fsp3) is 0.429. The van der Waals surface area contributed by atoms with Crippen molar-refractivity contribution in [3.63, 3.8) is 0 Å². The van der Waals surface area contributed by atoms with Gasteiger partial charge in [-0.05, 0) is 43.1 Å². The number of anilines is 1. The van der Waals surface area contributed by atoms with E-state index in [4.69, 9.17) is 10.7 Å². The van der Waals surface area contributed by atoms with E-state index in [1.165, 1.54) is 30.5 Å². The quantitative estimate of drug-likeness (QED) is 0.301. The Labute approximate surface area is 197 Å². The van der Waals surface area contributed by atoms with Gasteiger partial charge < -0.3 is 10.3 Å². The topological polar surface area (TPSA) is 60.0 Å². The van der Waals surface area contributed by atoms with Crippen LogP contribution in [-0.4, -0.2) is 32.5 Å². The first-order valence-electron chi connectivity index (χ1n) is 12.5. The Hall–Kier alpha value is -2.92. The van der Waals surface area contributed by atoms with Crippen LogP contribution in [-0.2, 0) is 19.5 Å². The molecule has 2 aromatic heterocycles. The van der Waals surface area contributed by atoms with Crippen LogP contribution in [0.3, 0.4) is 0 Å². The summed E-state index contributed by atoms with van der Waals surface area (Å²) in [5, 5.41) is 1.11. The van der Waals surface area contributed by atoms with Crippen molar-refractivity contribution >= 4 is 27.8 Å². The highest BCUT2D eigenvalue weighted by atomic mass is 15.1. The fourth-order valence-electron chi connectivity index (χ4n) is 4.52. The molecule has 4 rings (SSSR count). The zero-order chi connectivity index (χ0) is 23.2. The second kappa shape index (κ2) is 10.8. The van der Waals surface area contributed by atoms with Crippen molar-refractivity contribution in [2.75, 3.05) is 18.8 Å². The molecule has 33 heavy (non-hydrogen) atoms. The fourth-order valence-corrected chi connectivity index (χ4v) is 4.52. The lowest BCUT2D eigenvalue weighted by molar-refractivity contribution is 0.275. The van der Waals surface area contributed by atoms with Gasteiger partial charge >= 0.3 is 0 Å². The van der Waals surface area contributed by atoms with Crippen LogP contribution in [0.2, 0.25) is 0 Å². The van der Waals surface area contributed by atoms with E-state index < -0.39 is 0 Å². The monoisotopic (exact) mass is 443 g/mol. The second-order valence-corrected chi connectivity index (χ2v) is 8.97. The summed E-state index contributed by atoms with van der Waals surface area (Å²) in [5.74, 6) is 1.61. The Morgan fingerprint density at radius 2 is 1.61 bits per heavy atom. The molecule has 2 aromatic carbocycles. The Morgan fingerprint density at radius 3 is 2.33 bits per heavy atom. The lowest BCUT2D eigenvalue weighted by atomic mass is 10.1. The number of pyridine rings is 1. The first kappa shape index (κ1) is 23.2. The van der Waals surface area contributed by atoms with E-state index >= 15 is 0 Å². The SMILES string of the molecule is CCCCc1nc2c(N)nc3ccccc3c2n1Cc1ccc(CN(CC)CCCC)cc1. The average molecular weight is 444 g/mol. The summed E-state index contributed by atoms with van der Waals surface area (Å²) in [4.78, 5) is 12.1. The lowest BCUT2D eigenvalue weighted by Gasteiger charge is -2.20. The summed E-state index contributed by atoms with van der Waals surface area (Å²) in [6, 6.07) is 17.3. The zero-order valence-electron chi connectivity index (χ0n) is 20.3. The molecule has 0 spiro atoms. The van der Waals surface area contributed by atoms with Crippen LogP contribution >= 0.6 is 0 Å². The Morgan fingerprint density at radius 1 is 0.879 bits per heavy atom. The van der Waals surface area contributed by atoms with E-state index in [2.05, 4.69) is 71.6 Å². The summed E-state index contributed by atoms with van der Waals surface area (Å²) in [5.41, 5.74) is 11.9. The molecule has 0 saturated heterocycles. The number of unbranched alkanes of at least 4 members (excludes halogenated alkanes) is 2. The second-order valence-electron chi connectivity index (χ2n) is 8.97. The standard InChI is InChI=1S/C28H37N5/c1-4-7-13-25-31-26-27(23-11-9-10-12-24(23)30-28(26)29)33(25)20-22-16-14-21(15-17-22)19-32(6-3)18-8-5-2/h9-12,14-17H,4-8,13,18-20H2,1-3H3,(H2,29,30). The average Bonchev–Trinajstić information content (AvgIpc) is 3.20. The maximum atomic E-state index is 6.35. The van der Waals surface area contributed by atoms with E-state index in [0.29, 0.717) is 5.82 Å². The molecule has 0 saturated carbocycles. The number of para-hydroxylation sites is 1. The van der Waals surface area contributed by atoms with Crippen LogP contribution in [0.15, 0.2) is 48.5 Å². The van der Waals surface area contributed by atoms with E-state index in [1.807, 2.05) is 12.1 Å². The molecule has 0 aliphatic rings. The van der Waals surface area contributed by atoms with Gasteiger partial charge in [0.05, 0.1) is 11.0 Å². The summed E-state index contributed by atoms with van der Waals surface area (Å²) >= 11 is 0. The maximum Gasteiger partial charge on any atom is 0.152 e. The molecule has 0 radical (unpaired) electrons. The number of fused-ring (bicyclic) bond motifs is 3. The molecule has 2 heterocycles. The first-order valence-corrected chi connectivity index (χ1v) is 12.5. The third kappa shape index (κ3) is 5.19. The van der Waals surface area contributed by atoms with Gasteiger partial charge in [0, 0.05) is 24.9 Å². The van der Waals surface area contributed by atoms with Gasteiger partial charge in [-0.1, -0.05) is 76.1 Å². The molecule has 0 aliphatic heterocycles. The summed E-state index contributed by atoms with van der Waals surface area (Å²) < 4.78 is 2.36. The number of aryl methyl sites for hydroxylation is 1. The first-order chi connectivity index (χ1) is 16.1. The van der Waals surface area contributed by atoms with Crippen molar-refractivity contribution < 1.29 is 0 Å². The van der Waals surface area contributed by atoms with Crippen LogP contribution in [0.4, 0.5) is 5.82 Å². The van der Waals surface area contributed by atoms with Gasteiger partial charge in [-0.15, -0.1) is 0 Å². The predicted octanol–water partition coefficient (Wildman–Crippen LogP) is 6.18. The van der Waals surface area contributed by atoms with Crippen molar-refractivity contribution in [1.29, 1.82) is 0 Å². The smallest absolute Gasteiger partial charge is 0.152 e. The van der Waals surface area contributed by atoms with Crippen LogP contribution in [0.25, 0.3) is 21.9 Å². The molecule has 0 fully saturated rings. The molecule has 5 nitrogen and oxygen atoms in total. The highest BCUT2D eigenvalue weighted by molar-refractivity contribution is 6.06. The van der Waals surface area contributed by atoms with Crippen molar-refractivity contribution in [3.05, 3.63) is 65.5 Å². The van der Waals surface area contributed by atoms with Crippen LogP contribution < -0.4 is 5.73 Å². The number of benzene rings is 2. The van der Waals surface area contributed by atoms with Crippen LogP contribution in [0.1, 0.15) is 63.4 Å². The van der Waals surface area contributed by atoms with Gasteiger partial charge in [-0.25, -0.2) is 9.97 Å². The van der Waals surface area contributed by atoms with Crippen molar-refractivity contribution in [2.45, 2.75) is 66.0 Å². The number of nitrogen functional groups attached to an aromatic ring is 1. The number of hydrogen-bond donors (Lipinski definition) is 1. The zero-order valence-corrected chi connectivity index (χ0v) is 20.3. The minimum atomic E-state index is 0.516. The van der Waals surface area contributed by atoms with E-state index in [0.717, 1.165) is 66.7 Å². The highest BCUT2D eigenvalue weighted by Crippen LogP contribution is 2.30. The molecule has 2 N–H and O–H groups in total. The highest BCUT2D eigenvalue weighted by Gasteiger charge is 2.17. The van der Waals surface area contributed by atoms with E-state index in [1.54, 1.807) is 0 Å². The molecule has 0 atom stereocenters. The van der Waals surface area contributed by atoms with Crippen LogP contribution in [0, 0.1) is 0 Å². The Kier molecular flexibility index (Phi) is 7.61. The molecule has 0 bridgehead atoms. The molecular formula is C28H37N5. The van der Waals surface area contributed by atoms with Gasteiger partial charge in [0.1, 0.15) is 11.3 Å². The molecule has 5 heteroatoms. The number of rotatable bonds is 11. The molecule has 174 valence electrons. The normalized spacial score (nSPS) is 11.8. The maximum absolute atomic E-state index is 6.35. The Bertz CT molecular complexity index is 1190. The van der Waals surface area contributed by atoms with Gasteiger partial charge in [-0.3, -0.25) is 4.90 Å². The third-order valence-corrected chi connectivity index (χ3v) is 6.49. The summed E-state index contributed by atoms with van der Waals surface area (Å²) in [6.45, 7) is 10.8. The number of hydrogen-bond acceptors (Lipinski definition) is 4. The predicted molar refractivity (Wildman–Crippen MR) is 139 cm³/mol. The minimum absolute atomic E-state index is 0.516. The van der Waals surface area contributed by atoms with E-state index in [9.17, 15) is 0 Å². The van der Waals surface area contributed by atoms with Gasteiger partial charge in [0.15, 0.2) is 5.82 Å². The van der Waals surface area contributed by atoms with Gasteiger partial charge in [0.25, 0.3) is 0 Å². The summed E-state index contributed by atoms with van der Waals surface area (Å²) in [6.07, 6.45) is 5.69. The van der Waals surface area contributed by atoms with Crippen molar-refractivity contribution in [1.82, 2.24) is 19.4 Å². The number of nitrogens with two attached hydrogens (primary N) is 1. The number of aromatic nitrogens is 3. The Balaban J connectivity index is 1.67. The molecule has 0 amide bonds. The van der Waals surface area contributed by atoms with Gasteiger partial charge in [0.2, 0.25) is 0 Å². The van der Waals surface area contributed by atoms with Crippen LogP contribution in [0.5, 0.6) is 0 Å². The number of imidazole rings is 1. The summed E-state index contributed by atoms with van der Waals surface area (Å²) in [7, 11) is 0. The van der Waals surface area contributed by atoms with Crippen molar-refractivity contribution in [3.8, 4) is 0 Å². The van der Waals surface area contributed by atoms with E-state index in [-0.39, 0.29) is 0 Å². The molecule has 0 aliphatic carbocycles. The lowest BCUT2D eigenvalue weighted by Crippen LogP contribution is -2.23. The molecule has 0 unspecified atom stereocenters. The van der Waals surface area contributed by atoms with Crippen molar-refractivity contribution in [2.24, 2.45) is 0 Å². The number of nitrogens with zero attached hydrogens (tertiary/aromatic N) is 4.